The van der Waals surface area contributed by atoms with E-state index >= 15 is 0 Å². The third-order valence-corrected chi connectivity index (χ3v) is 9.11. The summed E-state index contributed by atoms with van der Waals surface area (Å²) in [4.78, 5) is 25.9. The van der Waals surface area contributed by atoms with Crippen LogP contribution in [0.2, 0.25) is 0 Å². The summed E-state index contributed by atoms with van der Waals surface area (Å²) in [6, 6.07) is 11.1. The van der Waals surface area contributed by atoms with Crippen LogP contribution in [0.3, 0.4) is 0 Å². The van der Waals surface area contributed by atoms with Crippen molar-refractivity contribution >= 4 is 39.1 Å². The van der Waals surface area contributed by atoms with E-state index in [1.54, 1.807) is 19.2 Å². The molecule has 0 radical (unpaired) electrons. The smallest absolute Gasteiger partial charge is 0.335 e. The second kappa shape index (κ2) is 10.5. The first-order chi connectivity index (χ1) is 18.6. The second-order valence-corrected chi connectivity index (χ2v) is 12.1. The molecule has 2 aliphatic rings. The minimum Gasteiger partial charge on any atom is -0.497 e. The summed E-state index contributed by atoms with van der Waals surface area (Å²) in [5, 5.41) is 0.997. The third kappa shape index (κ3) is 4.94. The zero-order valence-corrected chi connectivity index (χ0v) is 23.4. The lowest BCUT2D eigenvalue weighted by atomic mass is 9.81. The van der Waals surface area contributed by atoms with Gasteiger partial charge in [0.25, 0.3) is 5.91 Å². The Morgan fingerprint density at radius 1 is 1.03 bits per heavy atom. The fourth-order valence-electron chi connectivity index (χ4n) is 5.71. The van der Waals surface area contributed by atoms with Crippen molar-refractivity contribution in [3.8, 4) is 17.0 Å². The van der Waals surface area contributed by atoms with Crippen LogP contribution < -0.4 is 9.46 Å². The Kier molecular flexibility index (Phi) is 7.26. The van der Waals surface area contributed by atoms with Crippen molar-refractivity contribution in [2.45, 2.75) is 44.6 Å². The Bertz CT molecular complexity index is 1600. The highest BCUT2D eigenvalue weighted by Crippen LogP contribution is 2.47. The normalized spacial score (nSPS) is 15.8. The number of ether oxygens (including phenoxy) is 2. The lowest BCUT2D eigenvalue weighted by molar-refractivity contribution is -0.136. The van der Waals surface area contributed by atoms with E-state index in [9.17, 15) is 18.0 Å². The lowest BCUT2D eigenvalue weighted by Crippen LogP contribution is -2.39. The number of carbonyl (C=O) groups excluding carboxylic acids is 2. The van der Waals surface area contributed by atoms with E-state index in [1.807, 2.05) is 30.3 Å². The zero-order valence-electron chi connectivity index (χ0n) is 22.6. The van der Waals surface area contributed by atoms with E-state index in [2.05, 4.69) is 9.29 Å². The molecule has 206 valence electrons. The molecule has 0 atom stereocenters. The number of aromatic nitrogens is 1. The molecule has 0 spiro atoms. The Labute approximate surface area is 228 Å². The Hall–Kier alpha value is -3.63. The molecule has 1 amide bonds. The van der Waals surface area contributed by atoms with Crippen LogP contribution in [0.1, 0.15) is 59.5 Å². The van der Waals surface area contributed by atoms with Crippen molar-refractivity contribution in [2.75, 3.05) is 28.3 Å². The summed E-state index contributed by atoms with van der Waals surface area (Å²) in [6.45, 7) is 0.239. The largest absolute Gasteiger partial charge is 0.497 e. The topological polar surface area (TPSA) is 107 Å². The van der Waals surface area contributed by atoms with Crippen LogP contribution in [-0.4, -0.2) is 57.5 Å². The number of esters is 1. The molecule has 1 aromatic heterocycles. The van der Waals surface area contributed by atoms with Gasteiger partial charge in [0.2, 0.25) is 0 Å². The standard InChI is InChI=1S/C29H33N3O6S/c1-31(2)39(35,36)30-28(33)19-10-12-24-25(16-19)32-17-21(29(34)38-4)14-20-15-22(37-3)11-13-23(20)27(32)26(24)18-8-6-5-7-9-18/h10-16,18H,5-9,17H2,1-4H3,(H,30,33). The predicted molar refractivity (Wildman–Crippen MR) is 150 cm³/mol. The molecule has 10 heteroatoms. The predicted octanol–water partition coefficient (Wildman–Crippen LogP) is 4.47. The number of hydrogen-bond acceptors (Lipinski definition) is 6. The van der Waals surface area contributed by atoms with E-state index in [-0.39, 0.29) is 12.1 Å². The van der Waals surface area contributed by atoms with Gasteiger partial charge in [0.05, 0.1) is 32.0 Å². The van der Waals surface area contributed by atoms with Crippen LogP contribution in [0.5, 0.6) is 5.75 Å². The van der Waals surface area contributed by atoms with Gasteiger partial charge in [-0.2, -0.15) is 12.7 Å². The molecule has 2 heterocycles. The molecule has 1 aliphatic heterocycles. The van der Waals surface area contributed by atoms with Crippen LogP contribution in [0.4, 0.5) is 0 Å². The molecule has 1 saturated carbocycles. The van der Waals surface area contributed by atoms with Gasteiger partial charge in [-0.05, 0) is 66.3 Å². The van der Waals surface area contributed by atoms with Crippen LogP contribution in [-0.2, 0) is 26.3 Å². The molecule has 1 N–H and O–H groups in total. The maximum absolute atomic E-state index is 13.0. The van der Waals surface area contributed by atoms with Gasteiger partial charge in [-0.1, -0.05) is 25.3 Å². The number of methoxy groups -OCH3 is 2. The highest BCUT2D eigenvalue weighted by Gasteiger charge is 2.31. The van der Waals surface area contributed by atoms with Crippen LogP contribution in [0.15, 0.2) is 42.0 Å². The highest BCUT2D eigenvalue weighted by molar-refractivity contribution is 7.87. The Balaban J connectivity index is 1.77. The summed E-state index contributed by atoms with van der Waals surface area (Å²) < 4.78 is 40.4. The second-order valence-electron chi connectivity index (χ2n) is 10.2. The summed E-state index contributed by atoms with van der Waals surface area (Å²) in [7, 11) is 1.72. The maximum Gasteiger partial charge on any atom is 0.335 e. The molecule has 1 aliphatic carbocycles. The van der Waals surface area contributed by atoms with Gasteiger partial charge in [0, 0.05) is 36.1 Å². The number of nitrogens with one attached hydrogen (secondary N) is 1. The average Bonchev–Trinajstić information content (AvgIpc) is 3.14. The first-order valence-electron chi connectivity index (χ1n) is 13.0. The zero-order chi connectivity index (χ0) is 27.9. The summed E-state index contributed by atoms with van der Waals surface area (Å²) in [6.07, 6.45) is 7.43. The SMILES string of the molecule is COC(=O)C1=Cc2cc(OC)ccc2-c2c(C3CCCCC3)c3ccc(C(=O)NS(=O)(=O)N(C)C)cc3n2C1. The third-order valence-electron chi connectivity index (χ3n) is 7.70. The van der Waals surface area contributed by atoms with Crippen LogP contribution in [0, 0.1) is 0 Å². The molecule has 5 rings (SSSR count). The minimum atomic E-state index is -3.96. The fourth-order valence-corrected chi connectivity index (χ4v) is 6.24. The molecule has 1 fully saturated rings. The van der Waals surface area contributed by atoms with Crippen molar-refractivity contribution in [1.29, 1.82) is 0 Å². The number of fused-ring (bicyclic) bond motifs is 5. The number of hydrogen-bond donors (Lipinski definition) is 1. The van der Waals surface area contributed by atoms with Crippen LogP contribution in [0.25, 0.3) is 28.2 Å². The van der Waals surface area contributed by atoms with Gasteiger partial charge in [0.1, 0.15) is 5.75 Å². The number of amides is 1. The molecule has 0 unspecified atom stereocenters. The quantitative estimate of drug-likeness (QED) is 0.453. The van der Waals surface area contributed by atoms with E-state index in [0.717, 1.165) is 57.7 Å². The molecule has 2 aromatic carbocycles. The van der Waals surface area contributed by atoms with Crippen molar-refractivity contribution in [2.24, 2.45) is 0 Å². The van der Waals surface area contributed by atoms with Gasteiger partial charge >= 0.3 is 16.2 Å². The Morgan fingerprint density at radius 3 is 2.44 bits per heavy atom. The minimum absolute atomic E-state index is 0.214. The Morgan fingerprint density at radius 2 is 1.77 bits per heavy atom. The molecular weight excluding hydrogens is 518 g/mol. The van der Waals surface area contributed by atoms with E-state index < -0.39 is 22.1 Å². The first-order valence-corrected chi connectivity index (χ1v) is 14.5. The number of benzene rings is 2. The average molecular weight is 552 g/mol. The van der Waals surface area contributed by atoms with Gasteiger partial charge in [-0.15, -0.1) is 0 Å². The maximum atomic E-state index is 13.0. The number of rotatable bonds is 6. The van der Waals surface area contributed by atoms with E-state index in [0.29, 0.717) is 17.2 Å². The van der Waals surface area contributed by atoms with Gasteiger partial charge < -0.3 is 14.0 Å². The number of nitrogens with zero attached hydrogens (tertiary/aromatic N) is 2. The highest BCUT2D eigenvalue weighted by atomic mass is 32.2. The monoisotopic (exact) mass is 551 g/mol. The summed E-state index contributed by atoms with van der Waals surface area (Å²) in [5.41, 5.74) is 5.45. The molecular formula is C29H33N3O6S. The van der Waals surface area contributed by atoms with Crippen LogP contribution >= 0.6 is 0 Å². The van der Waals surface area contributed by atoms with Crippen molar-refractivity contribution < 1.29 is 27.5 Å². The van der Waals surface area contributed by atoms with Gasteiger partial charge in [-0.3, -0.25) is 4.79 Å². The van der Waals surface area contributed by atoms with Crippen molar-refractivity contribution in [1.82, 2.24) is 13.6 Å². The number of carbonyl (C=O) groups is 2. The summed E-state index contributed by atoms with van der Waals surface area (Å²) >= 11 is 0. The van der Waals surface area contributed by atoms with Gasteiger partial charge in [0.15, 0.2) is 0 Å². The summed E-state index contributed by atoms with van der Waals surface area (Å²) in [5.74, 6) is -0.161. The molecule has 0 saturated heterocycles. The first kappa shape index (κ1) is 27.0. The fraction of sp³-hybridized carbons (Fsp3) is 0.379. The molecule has 9 nitrogen and oxygen atoms in total. The van der Waals surface area contributed by atoms with E-state index in [1.165, 1.54) is 33.2 Å². The molecule has 3 aromatic rings. The molecule has 39 heavy (non-hydrogen) atoms. The lowest BCUT2D eigenvalue weighted by Gasteiger charge is -2.24. The van der Waals surface area contributed by atoms with Crippen molar-refractivity contribution in [3.05, 3.63) is 58.7 Å². The van der Waals surface area contributed by atoms with E-state index in [4.69, 9.17) is 9.47 Å². The molecule has 0 bridgehead atoms. The van der Waals surface area contributed by atoms with Gasteiger partial charge in [-0.25, -0.2) is 9.52 Å². The van der Waals surface area contributed by atoms with Crippen molar-refractivity contribution in [3.63, 3.8) is 0 Å².